The van der Waals surface area contributed by atoms with Crippen molar-refractivity contribution in [1.82, 2.24) is 4.57 Å². The maximum absolute atomic E-state index is 11.5. The van der Waals surface area contributed by atoms with Crippen LogP contribution in [0.1, 0.15) is 23.6 Å². The van der Waals surface area contributed by atoms with Crippen LogP contribution >= 0.6 is 23.2 Å². The summed E-state index contributed by atoms with van der Waals surface area (Å²) in [7, 11) is 1.36. The molecule has 5 heteroatoms. The molecule has 0 fully saturated rings. The highest BCUT2D eigenvalue weighted by Crippen LogP contribution is 2.31. The number of allylic oxidation sites excluding steroid dienone is 1. The molecule has 0 atom stereocenters. The molecule has 0 spiro atoms. The van der Waals surface area contributed by atoms with E-state index in [-0.39, 0.29) is 0 Å². The van der Waals surface area contributed by atoms with E-state index in [1.807, 2.05) is 31.2 Å². The van der Waals surface area contributed by atoms with Crippen molar-refractivity contribution in [3.8, 4) is 0 Å². The summed E-state index contributed by atoms with van der Waals surface area (Å²) in [6.07, 6.45) is 5.24. The monoisotopic (exact) mass is 399 g/mol. The van der Waals surface area contributed by atoms with Crippen LogP contribution in [0.3, 0.4) is 0 Å². The fourth-order valence-electron chi connectivity index (χ4n) is 3.05. The first-order chi connectivity index (χ1) is 12.9. The zero-order valence-corrected chi connectivity index (χ0v) is 16.6. The van der Waals surface area contributed by atoms with Crippen molar-refractivity contribution in [2.45, 2.75) is 13.5 Å². The van der Waals surface area contributed by atoms with Crippen LogP contribution < -0.4 is 0 Å². The molecule has 0 saturated carbocycles. The van der Waals surface area contributed by atoms with Crippen molar-refractivity contribution in [3.05, 3.63) is 82.0 Å². The smallest absolute Gasteiger partial charge is 0.330 e. The van der Waals surface area contributed by atoms with Crippen LogP contribution in [0.2, 0.25) is 10.0 Å². The molecule has 27 heavy (non-hydrogen) atoms. The lowest BCUT2D eigenvalue weighted by Gasteiger charge is -2.10. The Morgan fingerprint density at radius 3 is 2.70 bits per heavy atom. The Kier molecular flexibility index (Phi) is 5.73. The molecule has 1 heterocycles. The maximum atomic E-state index is 11.5. The fraction of sp³-hybridized carbons (Fsp3) is 0.136. The predicted octanol–water partition coefficient (Wildman–Crippen LogP) is 6.22. The standard InChI is InChI=1S/C22H19Cl2NO2/c1-14(2)19-13-25(12-16-7-9-17(23)11-20(16)24)22-15(5-4-6-18(19)22)8-10-21(26)27-3/h4-11,13H,1,12H2,2-3H3/b10-8+. The molecule has 0 amide bonds. The zero-order valence-electron chi connectivity index (χ0n) is 15.1. The molecular formula is C22H19Cl2NO2. The van der Waals surface area contributed by atoms with Gasteiger partial charge in [0, 0.05) is 39.8 Å². The van der Waals surface area contributed by atoms with E-state index in [0.717, 1.165) is 33.2 Å². The molecule has 3 nitrogen and oxygen atoms in total. The van der Waals surface area contributed by atoms with Crippen molar-refractivity contribution in [1.29, 1.82) is 0 Å². The van der Waals surface area contributed by atoms with Crippen LogP contribution in [-0.4, -0.2) is 17.6 Å². The molecule has 0 bridgehead atoms. The second kappa shape index (κ2) is 8.03. The molecule has 3 rings (SSSR count). The lowest BCUT2D eigenvalue weighted by Crippen LogP contribution is -2.00. The van der Waals surface area contributed by atoms with Gasteiger partial charge < -0.3 is 9.30 Å². The Bertz CT molecular complexity index is 1060. The van der Waals surface area contributed by atoms with Crippen molar-refractivity contribution in [2.24, 2.45) is 0 Å². The fourth-order valence-corrected chi connectivity index (χ4v) is 3.52. The van der Waals surface area contributed by atoms with Gasteiger partial charge in [-0.1, -0.05) is 54.0 Å². The molecule has 0 aliphatic rings. The number of ether oxygens (including phenoxy) is 1. The van der Waals surface area contributed by atoms with E-state index in [2.05, 4.69) is 23.4 Å². The van der Waals surface area contributed by atoms with E-state index in [0.29, 0.717) is 16.6 Å². The summed E-state index contributed by atoms with van der Waals surface area (Å²) in [4.78, 5) is 11.5. The Morgan fingerprint density at radius 2 is 2.04 bits per heavy atom. The number of hydrogen-bond acceptors (Lipinski definition) is 2. The van der Waals surface area contributed by atoms with Crippen molar-refractivity contribution in [2.75, 3.05) is 7.11 Å². The van der Waals surface area contributed by atoms with Gasteiger partial charge in [0.1, 0.15) is 0 Å². The molecule has 0 saturated heterocycles. The van der Waals surface area contributed by atoms with Crippen LogP contribution in [0.25, 0.3) is 22.6 Å². The normalized spacial score (nSPS) is 11.3. The first kappa shape index (κ1) is 19.3. The van der Waals surface area contributed by atoms with Crippen LogP contribution in [-0.2, 0) is 16.1 Å². The molecule has 0 aliphatic carbocycles. The molecular weight excluding hydrogens is 381 g/mol. The third-order valence-corrected chi connectivity index (χ3v) is 4.93. The van der Waals surface area contributed by atoms with Gasteiger partial charge in [-0.3, -0.25) is 0 Å². The van der Waals surface area contributed by atoms with Crippen LogP contribution in [0.5, 0.6) is 0 Å². The summed E-state index contributed by atoms with van der Waals surface area (Å²) in [5.41, 5.74) is 4.90. The minimum Gasteiger partial charge on any atom is -0.466 e. The van der Waals surface area contributed by atoms with Gasteiger partial charge in [-0.05, 0) is 41.8 Å². The Balaban J connectivity index is 2.17. The van der Waals surface area contributed by atoms with Gasteiger partial charge in [-0.15, -0.1) is 0 Å². The first-order valence-corrected chi connectivity index (χ1v) is 9.14. The minimum atomic E-state index is -0.397. The number of benzene rings is 2. The van der Waals surface area contributed by atoms with Gasteiger partial charge in [0.05, 0.1) is 12.6 Å². The summed E-state index contributed by atoms with van der Waals surface area (Å²) in [5.74, 6) is -0.397. The Hall–Kier alpha value is -2.49. The zero-order chi connectivity index (χ0) is 19.6. The van der Waals surface area contributed by atoms with Gasteiger partial charge in [0.15, 0.2) is 0 Å². The number of hydrogen-bond donors (Lipinski definition) is 0. The summed E-state index contributed by atoms with van der Waals surface area (Å²) >= 11 is 12.4. The minimum absolute atomic E-state index is 0.397. The summed E-state index contributed by atoms with van der Waals surface area (Å²) in [6.45, 7) is 6.64. The number of esters is 1. The van der Waals surface area contributed by atoms with Gasteiger partial charge in [0.2, 0.25) is 0 Å². The number of para-hydroxylation sites is 1. The molecule has 0 unspecified atom stereocenters. The highest BCUT2D eigenvalue weighted by atomic mass is 35.5. The molecule has 0 radical (unpaired) electrons. The molecule has 138 valence electrons. The molecule has 0 N–H and O–H groups in total. The summed E-state index contributed by atoms with van der Waals surface area (Å²) < 4.78 is 6.82. The highest BCUT2D eigenvalue weighted by molar-refractivity contribution is 6.35. The quantitative estimate of drug-likeness (QED) is 0.376. The molecule has 3 aromatic rings. The number of carbonyl (C=O) groups is 1. The van der Waals surface area contributed by atoms with Crippen molar-refractivity contribution in [3.63, 3.8) is 0 Å². The predicted molar refractivity (Wildman–Crippen MR) is 113 cm³/mol. The van der Waals surface area contributed by atoms with Gasteiger partial charge in [-0.25, -0.2) is 4.79 Å². The second-order valence-electron chi connectivity index (χ2n) is 6.29. The number of carbonyl (C=O) groups excluding carboxylic acids is 1. The van der Waals surface area contributed by atoms with Crippen LogP contribution in [0, 0.1) is 0 Å². The highest BCUT2D eigenvalue weighted by Gasteiger charge is 2.13. The lowest BCUT2D eigenvalue weighted by molar-refractivity contribution is -0.134. The van der Waals surface area contributed by atoms with Crippen LogP contribution in [0.15, 0.2) is 55.3 Å². The topological polar surface area (TPSA) is 31.2 Å². The summed E-state index contributed by atoms with van der Waals surface area (Å²) in [5, 5.41) is 2.29. The third-order valence-electron chi connectivity index (χ3n) is 4.35. The maximum Gasteiger partial charge on any atom is 0.330 e. The number of fused-ring (bicyclic) bond motifs is 1. The lowest BCUT2D eigenvalue weighted by atomic mass is 10.0. The SMILES string of the molecule is C=C(C)c1cn(Cc2ccc(Cl)cc2Cl)c2c(/C=C/C(=O)OC)cccc12. The molecule has 2 aromatic carbocycles. The Labute approximate surface area is 168 Å². The first-order valence-electron chi connectivity index (χ1n) is 8.38. The number of aromatic nitrogens is 1. The van der Waals surface area contributed by atoms with Gasteiger partial charge >= 0.3 is 5.97 Å². The van der Waals surface area contributed by atoms with E-state index >= 15 is 0 Å². The molecule has 0 aliphatic heterocycles. The average molecular weight is 400 g/mol. The van der Waals surface area contributed by atoms with Crippen molar-refractivity contribution < 1.29 is 9.53 Å². The van der Waals surface area contributed by atoms with E-state index in [1.165, 1.54) is 13.2 Å². The van der Waals surface area contributed by atoms with Crippen LogP contribution in [0.4, 0.5) is 0 Å². The second-order valence-corrected chi connectivity index (χ2v) is 7.13. The van der Waals surface area contributed by atoms with Gasteiger partial charge in [-0.2, -0.15) is 0 Å². The number of halogens is 2. The molecule has 1 aromatic heterocycles. The number of methoxy groups -OCH3 is 1. The summed E-state index contributed by atoms with van der Waals surface area (Å²) in [6, 6.07) is 11.5. The van der Waals surface area contributed by atoms with Crippen molar-refractivity contribution >= 4 is 51.7 Å². The largest absolute Gasteiger partial charge is 0.466 e. The van der Waals surface area contributed by atoms with E-state index < -0.39 is 5.97 Å². The Morgan fingerprint density at radius 1 is 1.26 bits per heavy atom. The average Bonchev–Trinajstić information content (AvgIpc) is 3.01. The number of nitrogens with zero attached hydrogens (tertiary/aromatic N) is 1. The van der Waals surface area contributed by atoms with Gasteiger partial charge in [0.25, 0.3) is 0 Å². The van der Waals surface area contributed by atoms with E-state index in [4.69, 9.17) is 27.9 Å². The number of rotatable bonds is 5. The third kappa shape index (κ3) is 4.10. The van der Waals surface area contributed by atoms with E-state index in [1.54, 1.807) is 12.1 Å². The van der Waals surface area contributed by atoms with E-state index in [9.17, 15) is 4.79 Å².